The average Bonchev–Trinajstić information content (AvgIpc) is 3.52. The van der Waals surface area contributed by atoms with E-state index in [0.717, 1.165) is 17.1 Å². The monoisotopic (exact) mass is 603 g/mol. The quantitative estimate of drug-likeness (QED) is 0.189. The Kier molecular flexibility index (Phi) is 6.40. The number of thiophene rings is 1. The lowest BCUT2D eigenvalue weighted by molar-refractivity contribution is 1.29. The van der Waals surface area contributed by atoms with E-state index in [-0.39, 0.29) is 0 Å². The molecule has 0 aliphatic heterocycles. The third-order valence-corrected chi connectivity index (χ3v) is 10.2. The fraction of sp³-hybridized carbons (Fsp3) is 0. The van der Waals surface area contributed by atoms with Crippen molar-refractivity contribution in [3.63, 3.8) is 0 Å². The number of benzene rings is 8. The fourth-order valence-corrected chi connectivity index (χ4v) is 8.02. The third kappa shape index (κ3) is 4.46. The molecule has 9 rings (SSSR count). The van der Waals surface area contributed by atoms with Gasteiger partial charge in [0.25, 0.3) is 0 Å². The predicted octanol–water partition coefficient (Wildman–Crippen LogP) is 13.2. The molecule has 2 heteroatoms. The molecular formula is C44H29NS. The van der Waals surface area contributed by atoms with E-state index < -0.39 is 0 Å². The van der Waals surface area contributed by atoms with Crippen molar-refractivity contribution in [1.82, 2.24) is 0 Å². The van der Waals surface area contributed by atoms with Gasteiger partial charge in [0, 0.05) is 37.1 Å². The van der Waals surface area contributed by atoms with E-state index in [9.17, 15) is 0 Å². The Balaban J connectivity index is 1.20. The van der Waals surface area contributed by atoms with Crippen molar-refractivity contribution in [3.8, 4) is 22.3 Å². The lowest BCUT2D eigenvalue weighted by Crippen LogP contribution is -2.11. The van der Waals surface area contributed by atoms with Gasteiger partial charge < -0.3 is 4.90 Å². The first-order valence-electron chi connectivity index (χ1n) is 15.7. The molecule has 0 aliphatic rings. The molecule has 216 valence electrons. The molecule has 1 heterocycles. The van der Waals surface area contributed by atoms with Crippen LogP contribution >= 0.6 is 11.3 Å². The second-order valence-electron chi connectivity index (χ2n) is 11.7. The Bertz CT molecular complexity index is 2530. The summed E-state index contributed by atoms with van der Waals surface area (Å²) in [6.07, 6.45) is 0. The van der Waals surface area contributed by atoms with Crippen LogP contribution in [0, 0.1) is 0 Å². The molecule has 0 atom stereocenters. The Morgan fingerprint density at radius 3 is 1.93 bits per heavy atom. The summed E-state index contributed by atoms with van der Waals surface area (Å²) < 4.78 is 2.67. The van der Waals surface area contributed by atoms with Gasteiger partial charge in [0.1, 0.15) is 0 Å². The zero-order valence-electron chi connectivity index (χ0n) is 25.1. The highest BCUT2D eigenvalue weighted by Crippen LogP contribution is 2.44. The first-order chi connectivity index (χ1) is 22.8. The molecule has 0 amide bonds. The largest absolute Gasteiger partial charge is 0.310 e. The Hall–Kier alpha value is -5.70. The van der Waals surface area contributed by atoms with Crippen molar-refractivity contribution < 1.29 is 0 Å². The normalized spacial score (nSPS) is 11.5. The molecule has 0 aliphatic carbocycles. The molecule has 9 aromatic rings. The number of hydrogen-bond acceptors (Lipinski definition) is 2. The highest BCUT2D eigenvalue weighted by molar-refractivity contribution is 7.26. The second kappa shape index (κ2) is 11.0. The van der Waals surface area contributed by atoms with E-state index in [1.54, 1.807) is 0 Å². The van der Waals surface area contributed by atoms with E-state index in [0.29, 0.717) is 0 Å². The van der Waals surface area contributed by atoms with Crippen molar-refractivity contribution in [2.24, 2.45) is 0 Å². The molecule has 0 bridgehead atoms. The highest BCUT2D eigenvalue weighted by Gasteiger charge is 2.18. The van der Waals surface area contributed by atoms with Crippen molar-refractivity contribution in [2.45, 2.75) is 0 Å². The van der Waals surface area contributed by atoms with Gasteiger partial charge in [0.05, 0.1) is 5.69 Å². The van der Waals surface area contributed by atoms with Crippen molar-refractivity contribution in [1.29, 1.82) is 0 Å². The lowest BCUT2D eigenvalue weighted by atomic mass is 9.95. The molecular weight excluding hydrogens is 575 g/mol. The van der Waals surface area contributed by atoms with Gasteiger partial charge in [-0.2, -0.15) is 0 Å². The molecule has 0 fully saturated rings. The van der Waals surface area contributed by atoms with Gasteiger partial charge in [0.15, 0.2) is 0 Å². The summed E-state index contributed by atoms with van der Waals surface area (Å²) in [4.78, 5) is 2.39. The Morgan fingerprint density at radius 1 is 0.370 bits per heavy atom. The zero-order chi connectivity index (χ0) is 30.5. The lowest BCUT2D eigenvalue weighted by Gasteiger charge is -2.28. The van der Waals surface area contributed by atoms with Gasteiger partial charge in [-0.25, -0.2) is 0 Å². The number of hydrogen-bond donors (Lipinski definition) is 0. The van der Waals surface area contributed by atoms with Crippen LogP contribution in [0.2, 0.25) is 0 Å². The SMILES string of the molecule is c1ccc(-c2ccccc2N(c2ccc(-c3cccc4c3ccc3sc5ccccc5c34)cc2)c2ccc3ccccc3c2)cc1. The van der Waals surface area contributed by atoms with Crippen LogP contribution in [0.4, 0.5) is 17.1 Å². The van der Waals surface area contributed by atoms with Crippen LogP contribution in [-0.2, 0) is 0 Å². The van der Waals surface area contributed by atoms with Gasteiger partial charge in [-0.15, -0.1) is 11.3 Å². The first-order valence-corrected chi connectivity index (χ1v) is 16.5. The molecule has 46 heavy (non-hydrogen) atoms. The summed E-state index contributed by atoms with van der Waals surface area (Å²) in [5.41, 5.74) is 8.25. The summed E-state index contributed by atoms with van der Waals surface area (Å²) in [5.74, 6) is 0. The second-order valence-corrected chi connectivity index (χ2v) is 12.8. The van der Waals surface area contributed by atoms with Gasteiger partial charge in [0.2, 0.25) is 0 Å². The minimum Gasteiger partial charge on any atom is -0.310 e. The van der Waals surface area contributed by atoms with Crippen LogP contribution in [-0.4, -0.2) is 0 Å². The van der Waals surface area contributed by atoms with Crippen LogP contribution in [0.5, 0.6) is 0 Å². The third-order valence-electron chi connectivity index (χ3n) is 9.06. The number of rotatable bonds is 5. The predicted molar refractivity (Wildman–Crippen MR) is 200 cm³/mol. The summed E-state index contributed by atoms with van der Waals surface area (Å²) in [6.45, 7) is 0. The maximum atomic E-state index is 2.39. The van der Waals surface area contributed by atoms with E-state index in [1.807, 2.05) is 11.3 Å². The topological polar surface area (TPSA) is 3.24 Å². The van der Waals surface area contributed by atoms with Crippen LogP contribution < -0.4 is 4.90 Å². The van der Waals surface area contributed by atoms with E-state index in [1.165, 1.54) is 64.0 Å². The minimum absolute atomic E-state index is 1.12. The molecule has 1 nitrogen and oxygen atoms in total. The van der Waals surface area contributed by atoms with Gasteiger partial charge >= 0.3 is 0 Å². The number of nitrogens with zero attached hydrogens (tertiary/aromatic N) is 1. The first kappa shape index (κ1) is 26.7. The van der Waals surface area contributed by atoms with Crippen LogP contribution in [0.25, 0.3) is 64.0 Å². The van der Waals surface area contributed by atoms with Gasteiger partial charge in [-0.3, -0.25) is 0 Å². The zero-order valence-corrected chi connectivity index (χ0v) is 25.9. The summed E-state index contributed by atoms with van der Waals surface area (Å²) >= 11 is 1.87. The summed E-state index contributed by atoms with van der Waals surface area (Å²) in [6, 6.07) is 63.9. The van der Waals surface area contributed by atoms with E-state index in [2.05, 4.69) is 181 Å². The van der Waals surface area contributed by atoms with Crippen molar-refractivity contribution >= 4 is 70.1 Å². The minimum atomic E-state index is 1.12. The molecule has 0 unspecified atom stereocenters. The Labute approximate surface area is 272 Å². The van der Waals surface area contributed by atoms with Gasteiger partial charge in [-0.1, -0.05) is 133 Å². The van der Waals surface area contributed by atoms with Crippen LogP contribution in [0.15, 0.2) is 176 Å². The molecule has 0 N–H and O–H groups in total. The molecule has 8 aromatic carbocycles. The molecule has 1 aromatic heterocycles. The van der Waals surface area contributed by atoms with Gasteiger partial charge in [-0.05, 0) is 80.7 Å². The number of anilines is 3. The maximum Gasteiger partial charge on any atom is 0.0540 e. The summed E-state index contributed by atoms with van der Waals surface area (Å²) in [7, 11) is 0. The average molecular weight is 604 g/mol. The molecule has 0 spiro atoms. The van der Waals surface area contributed by atoms with Crippen molar-refractivity contribution in [3.05, 3.63) is 176 Å². The standard InChI is InChI=1S/C44H29NS/c1-2-12-31(13-3-1)37-15-6-8-19-41(37)45(35-26-21-30-11-4-5-14-33(30)29-35)34-24-22-32(23-25-34)36-17-10-18-39-38(36)27-28-43-44(39)40-16-7-9-20-42(40)46-43/h1-29H. The summed E-state index contributed by atoms with van der Waals surface area (Å²) in [5, 5.41) is 7.75. The maximum absolute atomic E-state index is 2.39. The molecule has 0 saturated heterocycles. The Morgan fingerprint density at radius 2 is 1.04 bits per heavy atom. The molecule has 0 saturated carbocycles. The van der Waals surface area contributed by atoms with E-state index >= 15 is 0 Å². The fourth-order valence-electron chi connectivity index (χ4n) is 6.90. The molecule has 0 radical (unpaired) electrons. The smallest absolute Gasteiger partial charge is 0.0540 e. The highest BCUT2D eigenvalue weighted by atomic mass is 32.1. The number of fused-ring (bicyclic) bond motifs is 6. The van der Waals surface area contributed by atoms with Crippen molar-refractivity contribution in [2.75, 3.05) is 4.90 Å². The van der Waals surface area contributed by atoms with Crippen LogP contribution in [0.1, 0.15) is 0 Å². The van der Waals surface area contributed by atoms with Crippen LogP contribution in [0.3, 0.4) is 0 Å². The number of para-hydroxylation sites is 1. The van der Waals surface area contributed by atoms with E-state index in [4.69, 9.17) is 0 Å².